The average Bonchev–Trinajstić information content (AvgIpc) is 2.42. The lowest BCUT2D eigenvalue weighted by molar-refractivity contribution is 0.367. The number of aryl methyl sites for hydroxylation is 3. The molecule has 0 aliphatic rings. The number of ether oxygens (including phenoxy) is 1. The van der Waals surface area contributed by atoms with Crippen LogP contribution in [-0.4, -0.2) is 16.8 Å². The standard InChI is InChI=1S/C16H21NO3/c1-7-17-13-11(5)9(3)8(2)10(4)12(13)14(18)15(20-6)16(17)19/h18H,7H2,1-6H3. The summed E-state index contributed by atoms with van der Waals surface area (Å²) in [6.45, 7) is 10.5. The lowest BCUT2D eigenvalue weighted by Crippen LogP contribution is -2.22. The maximum absolute atomic E-state index is 12.4. The molecular weight excluding hydrogens is 254 g/mol. The highest BCUT2D eigenvalue weighted by molar-refractivity contribution is 5.94. The Hall–Kier alpha value is -1.97. The van der Waals surface area contributed by atoms with Gasteiger partial charge in [-0.25, -0.2) is 0 Å². The van der Waals surface area contributed by atoms with E-state index in [1.165, 1.54) is 7.11 Å². The second-order valence-corrected chi connectivity index (χ2v) is 5.15. The maximum Gasteiger partial charge on any atom is 0.297 e. The Kier molecular flexibility index (Phi) is 3.50. The number of fused-ring (bicyclic) bond motifs is 1. The highest BCUT2D eigenvalue weighted by Gasteiger charge is 2.21. The van der Waals surface area contributed by atoms with Crippen LogP contribution in [0.4, 0.5) is 0 Å². The molecule has 1 heterocycles. The fourth-order valence-electron chi connectivity index (χ4n) is 2.84. The molecule has 0 unspecified atom stereocenters. The summed E-state index contributed by atoms with van der Waals surface area (Å²) in [5.41, 5.74) is 4.82. The Morgan fingerprint density at radius 1 is 1.05 bits per heavy atom. The van der Waals surface area contributed by atoms with Crippen molar-refractivity contribution < 1.29 is 9.84 Å². The largest absolute Gasteiger partial charge is 0.504 e. The number of hydrogen-bond donors (Lipinski definition) is 1. The highest BCUT2D eigenvalue weighted by Crippen LogP contribution is 2.38. The van der Waals surface area contributed by atoms with Gasteiger partial charge in [-0.1, -0.05) is 0 Å². The Morgan fingerprint density at radius 2 is 1.60 bits per heavy atom. The summed E-state index contributed by atoms with van der Waals surface area (Å²) in [6.07, 6.45) is 0. The van der Waals surface area contributed by atoms with E-state index in [0.29, 0.717) is 11.9 Å². The van der Waals surface area contributed by atoms with Gasteiger partial charge in [0.05, 0.1) is 12.6 Å². The molecule has 0 saturated heterocycles. The molecule has 1 aromatic heterocycles. The van der Waals surface area contributed by atoms with Crippen molar-refractivity contribution in [2.24, 2.45) is 0 Å². The predicted molar refractivity (Wildman–Crippen MR) is 81.0 cm³/mol. The second-order valence-electron chi connectivity index (χ2n) is 5.15. The predicted octanol–water partition coefficient (Wildman–Crippen LogP) is 2.97. The van der Waals surface area contributed by atoms with Gasteiger partial charge >= 0.3 is 0 Å². The van der Waals surface area contributed by atoms with Crippen LogP contribution < -0.4 is 10.3 Å². The molecule has 0 radical (unpaired) electrons. The van der Waals surface area contributed by atoms with Gasteiger partial charge < -0.3 is 14.4 Å². The minimum absolute atomic E-state index is 0.0186. The van der Waals surface area contributed by atoms with Crippen LogP contribution in [0.15, 0.2) is 4.79 Å². The van der Waals surface area contributed by atoms with Gasteiger partial charge in [-0.15, -0.1) is 0 Å². The van der Waals surface area contributed by atoms with Crippen molar-refractivity contribution >= 4 is 10.9 Å². The molecule has 2 rings (SSSR count). The quantitative estimate of drug-likeness (QED) is 0.916. The first kappa shape index (κ1) is 14.4. The smallest absolute Gasteiger partial charge is 0.297 e. The van der Waals surface area contributed by atoms with E-state index in [1.807, 2.05) is 34.6 Å². The van der Waals surface area contributed by atoms with Gasteiger partial charge in [0.2, 0.25) is 5.75 Å². The molecule has 0 spiro atoms. The third-order valence-electron chi connectivity index (χ3n) is 4.34. The monoisotopic (exact) mass is 275 g/mol. The van der Waals surface area contributed by atoms with Crippen molar-refractivity contribution in [2.45, 2.75) is 41.2 Å². The zero-order valence-corrected chi connectivity index (χ0v) is 12.9. The van der Waals surface area contributed by atoms with E-state index in [1.54, 1.807) is 4.57 Å². The molecule has 4 heteroatoms. The van der Waals surface area contributed by atoms with Crippen molar-refractivity contribution in [1.29, 1.82) is 0 Å². The van der Waals surface area contributed by atoms with Crippen LogP contribution in [0.1, 0.15) is 29.2 Å². The Morgan fingerprint density at radius 3 is 2.10 bits per heavy atom. The van der Waals surface area contributed by atoms with E-state index in [9.17, 15) is 9.90 Å². The van der Waals surface area contributed by atoms with Crippen LogP contribution in [0.3, 0.4) is 0 Å². The zero-order chi connectivity index (χ0) is 15.2. The van der Waals surface area contributed by atoms with Gasteiger partial charge in [0.1, 0.15) is 0 Å². The highest BCUT2D eigenvalue weighted by atomic mass is 16.5. The third kappa shape index (κ3) is 1.71. The number of methoxy groups -OCH3 is 1. The van der Waals surface area contributed by atoms with Gasteiger partial charge in [-0.2, -0.15) is 0 Å². The third-order valence-corrected chi connectivity index (χ3v) is 4.34. The number of pyridine rings is 1. The Labute approximate surface area is 118 Å². The van der Waals surface area contributed by atoms with Crippen molar-refractivity contribution in [3.63, 3.8) is 0 Å². The minimum Gasteiger partial charge on any atom is -0.504 e. The number of nitrogens with zero attached hydrogens (tertiary/aromatic N) is 1. The van der Waals surface area contributed by atoms with Crippen LogP contribution in [0.25, 0.3) is 10.9 Å². The number of benzene rings is 1. The van der Waals surface area contributed by atoms with Crippen LogP contribution in [0.5, 0.6) is 11.5 Å². The fraction of sp³-hybridized carbons (Fsp3) is 0.438. The molecule has 2 aromatic rings. The van der Waals surface area contributed by atoms with Crippen molar-refractivity contribution in [3.05, 3.63) is 32.6 Å². The zero-order valence-electron chi connectivity index (χ0n) is 12.9. The summed E-state index contributed by atoms with van der Waals surface area (Å²) >= 11 is 0. The molecule has 0 atom stereocenters. The molecule has 1 N–H and O–H groups in total. The summed E-state index contributed by atoms with van der Waals surface area (Å²) in [4.78, 5) is 12.4. The SMILES string of the molecule is CCn1c(=O)c(OC)c(O)c2c(C)c(C)c(C)c(C)c21. The molecule has 0 fully saturated rings. The number of rotatable bonds is 2. The summed E-state index contributed by atoms with van der Waals surface area (Å²) in [5.74, 6) is -0.0361. The van der Waals surface area contributed by atoms with E-state index in [0.717, 1.165) is 27.8 Å². The molecule has 0 saturated carbocycles. The molecule has 0 amide bonds. The lowest BCUT2D eigenvalue weighted by Gasteiger charge is -2.20. The van der Waals surface area contributed by atoms with Gasteiger partial charge in [0.15, 0.2) is 5.75 Å². The second kappa shape index (κ2) is 4.85. The summed E-state index contributed by atoms with van der Waals surface area (Å²) in [7, 11) is 1.41. The van der Waals surface area contributed by atoms with Gasteiger partial charge in [-0.3, -0.25) is 4.79 Å². The molecule has 108 valence electrons. The normalized spacial score (nSPS) is 11.1. The summed E-state index contributed by atoms with van der Waals surface area (Å²) in [6, 6.07) is 0. The fourth-order valence-corrected chi connectivity index (χ4v) is 2.84. The number of aromatic hydroxyl groups is 1. The first-order valence-corrected chi connectivity index (χ1v) is 6.76. The molecule has 0 bridgehead atoms. The van der Waals surface area contributed by atoms with Gasteiger partial charge in [0, 0.05) is 11.9 Å². The summed E-state index contributed by atoms with van der Waals surface area (Å²) < 4.78 is 6.78. The van der Waals surface area contributed by atoms with E-state index < -0.39 is 0 Å². The maximum atomic E-state index is 12.4. The Balaban J connectivity index is 3.23. The number of hydrogen-bond acceptors (Lipinski definition) is 3. The molecular formula is C16H21NO3. The van der Waals surface area contributed by atoms with Gasteiger partial charge in [-0.05, 0) is 56.9 Å². The van der Waals surface area contributed by atoms with Crippen molar-refractivity contribution in [1.82, 2.24) is 4.57 Å². The van der Waals surface area contributed by atoms with Crippen LogP contribution >= 0.6 is 0 Å². The lowest BCUT2D eigenvalue weighted by atomic mass is 9.93. The van der Waals surface area contributed by atoms with Crippen molar-refractivity contribution in [2.75, 3.05) is 7.11 Å². The first-order chi connectivity index (χ1) is 9.36. The van der Waals surface area contributed by atoms with E-state index in [2.05, 4.69) is 0 Å². The molecule has 0 aliphatic carbocycles. The minimum atomic E-state index is -0.286. The molecule has 0 aliphatic heterocycles. The first-order valence-electron chi connectivity index (χ1n) is 6.76. The van der Waals surface area contributed by atoms with Crippen LogP contribution in [-0.2, 0) is 6.54 Å². The summed E-state index contributed by atoms with van der Waals surface area (Å²) in [5, 5.41) is 11.1. The molecule has 20 heavy (non-hydrogen) atoms. The van der Waals surface area contributed by atoms with Crippen molar-refractivity contribution in [3.8, 4) is 11.5 Å². The average molecular weight is 275 g/mol. The van der Waals surface area contributed by atoms with Crippen LogP contribution in [0, 0.1) is 27.7 Å². The Bertz CT molecular complexity index is 757. The van der Waals surface area contributed by atoms with Crippen LogP contribution in [0.2, 0.25) is 0 Å². The molecule has 1 aromatic carbocycles. The topological polar surface area (TPSA) is 51.5 Å². The molecule has 4 nitrogen and oxygen atoms in total. The van der Waals surface area contributed by atoms with E-state index >= 15 is 0 Å². The van der Waals surface area contributed by atoms with Gasteiger partial charge in [0.25, 0.3) is 5.56 Å². The number of aromatic nitrogens is 1. The van der Waals surface area contributed by atoms with E-state index in [4.69, 9.17) is 4.74 Å². The van der Waals surface area contributed by atoms with E-state index in [-0.39, 0.29) is 17.1 Å².